The van der Waals surface area contributed by atoms with Crippen molar-refractivity contribution in [3.63, 3.8) is 0 Å². The molecule has 108 valence electrons. The van der Waals surface area contributed by atoms with Crippen molar-refractivity contribution in [1.29, 1.82) is 0 Å². The van der Waals surface area contributed by atoms with Gasteiger partial charge in [-0.2, -0.15) is 0 Å². The summed E-state index contributed by atoms with van der Waals surface area (Å²) in [4.78, 5) is 0. The Morgan fingerprint density at radius 2 is 1.63 bits per heavy atom. The highest BCUT2D eigenvalue weighted by atomic mass is 16.5. The third-order valence-electron chi connectivity index (χ3n) is 2.97. The Labute approximate surface area is 117 Å². The van der Waals surface area contributed by atoms with Crippen molar-refractivity contribution in [2.45, 2.75) is 45.9 Å². The van der Waals surface area contributed by atoms with E-state index in [0.29, 0.717) is 13.2 Å². The molecule has 1 N–H and O–H groups in total. The molecule has 0 aliphatic carbocycles. The zero-order valence-corrected chi connectivity index (χ0v) is 12.6. The van der Waals surface area contributed by atoms with Gasteiger partial charge in [0.1, 0.15) is 0 Å². The van der Waals surface area contributed by atoms with Crippen molar-refractivity contribution in [1.82, 2.24) is 5.32 Å². The fourth-order valence-electron chi connectivity index (χ4n) is 2.05. The monoisotopic (exact) mass is 265 g/mol. The second kappa shape index (κ2) is 9.08. The first-order valence-corrected chi connectivity index (χ1v) is 7.16. The second-order valence-electron chi connectivity index (χ2n) is 4.94. The highest BCUT2D eigenvalue weighted by Gasteiger charge is 2.18. The fraction of sp³-hybridized carbons (Fsp3) is 0.625. The Morgan fingerprint density at radius 3 is 2.21 bits per heavy atom. The van der Waals surface area contributed by atoms with E-state index in [4.69, 9.17) is 9.47 Å². The van der Waals surface area contributed by atoms with E-state index in [1.165, 1.54) is 5.56 Å². The molecule has 3 heteroatoms. The number of hydrogen-bond donors (Lipinski definition) is 1. The summed E-state index contributed by atoms with van der Waals surface area (Å²) in [6.07, 6.45) is 0.385. The normalized spacial score (nSPS) is 14.6. The van der Waals surface area contributed by atoms with Crippen LogP contribution in [0.25, 0.3) is 0 Å². The highest BCUT2D eigenvalue weighted by Crippen LogP contribution is 2.18. The number of benzene rings is 1. The lowest BCUT2D eigenvalue weighted by Gasteiger charge is -2.25. The van der Waals surface area contributed by atoms with E-state index in [9.17, 15) is 0 Å². The van der Waals surface area contributed by atoms with Gasteiger partial charge in [-0.1, -0.05) is 37.3 Å². The van der Waals surface area contributed by atoms with Gasteiger partial charge in [0.2, 0.25) is 0 Å². The Balaban J connectivity index is 2.47. The summed E-state index contributed by atoms with van der Waals surface area (Å²) < 4.78 is 11.4. The quantitative estimate of drug-likeness (QED) is 0.696. The Kier molecular flexibility index (Phi) is 7.72. The molecule has 0 saturated carbocycles. The Hall–Kier alpha value is -0.900. The zero-order chi connectivity index (χ0) is 14.1. The minimum absolute atomic E-state index is 0.123. The summed E-state index contributed by atoms with van der Waals surface area (Å²) in [5, 5.41) is 3.48. The molecule has 0 spiro atoms. The maximum absolute atomic E-state index is 5.87. The maximum Gasteiger partial charge on any atom is 0.0742 e. The van der Waals surface area contributed by atoms with Crippen molar-refractivity contribution in [3.8, 4) is 0 Å². The van der Waals surface area contributed by atoms with Crippen molar-refractivity contribution >= 4 is 0 Å². The van der Waals surface area contributed by atoms with Gasteiger partial charge in [0, 0.05) is 0 Å². The van der Waals surface area contributed by atoms with Crippen LogP contribution in [-0.2, 0) is 9.47 Å². The average molecular weight is 265 g/mol. The molecule has 0 fully saturated rings. The first kappa shape index (κ1) is 16.2. The predicted octanol–water partition coefficient (Wildman–Crippen LogP) is 3.17. The average Bonchev–Trinajstić information content (AvgIpc) is 2.41. The lowest BCUT2D eigenvalue weighted by atomic mass is 10.0. The van der Waals surface area contributed by atoms with Gasteiger partial charge < -0.3 is 14.8 Å². The number of likely N-dealkylation sites (N-methyl/N-ethyl adjacent to an activating group) is 1. The highest BCUT2D eigenvalue weighted by molar-refractivity contribution is 5.19. The Morgan fingerprint density at radius 1 is 1.00 bits per heavy atom. The molecule has 2 atom stereocenters. The van der Waals surface area contributed by atoms with Crippen molar-refractivity contribution in [2.24, 2.45) is 0 Å². The summed E-state index contributed by atoms with van der Waals surface area (Å²) >= 11 is 0. The van der Waals surface area contributed by atoms with Crippen LogP contribution < -0.4 is 5.32 Å². The van der Waals surface area contributed by atoms with Crippen LogP contribution in [0.2, 0.25) is 0 Å². The van der Waals surface area contributed by atoms with E-state index in [-0.39, 0.29) is 18.2 Å². The van der Waals surface area contributed by atoms with Crippen LogP contribution in [0, 0.1) is 0 Å². The minimum Gasteiger partial charge on any atom is -0.376 e. The van der Waals surface area contributed by atoms with Crippen LogP contribution in [0.3, 0.4) is 0 Å². The number of ether oxygens (including phenoxy) is 2. The van der Waals surface area contributed by atoms with E-state index in [2.05, 4.69) is 43.4 Å². The van der Waals surface area contributed by atoms with Gasteiger partial charge in [-0.3, -0.25) is 0 Å². The van der Waals surface area contributed by atoms with Gasteiger partial charge in [0.15, 0.2) is 0 Å². The van der Waals surface area contributed by atoms with Crippen LogP contribution in [0.1, 0.15) is 39.3 Å². The summed E-state index contributed by atoms with van der Waals surface area (Å²) in [6.45, 7) is 10.5. The number of hydrogen-bond acceptors (Lipinski definition) is 3. The molecule has 0 bridgehead atoms. The standard InChI is InChI=1S/C16H27NO2/c1-5-17-16(15-9-7-6-8-10-15)14(4)19-12-11-18-13(2)3/h6-10,13-14,16-17H,5,11-12H2,1-4H3. The van der Waals surface area contributed by atoms with Crippen molar-refractivity contribution in [2.75, 3.05) is 19.8 Å². The summed E-state index contributed by atoms with van der Waals surface area (Å²) in [7, 11) is 0. The lowest BCUT2D eigenvalue weighted by molar-refractivity contribution is -0.0186. The largest absolute Gasteiger partial charge is 0.376 e. The van der Waals surface area contributed by atoms with Crippen LogP contribution >= 0.6 is 0 Å². The van der Waals surface area contributed by atoms with E-state index < -0.39 is 0 Å². The molecule has 0 aliphatic rings. The molecule has 0 aliphatic heterocycles. The van der Waals surface area contributed by atoms with Gasteiger partial charge in [0.05, 0.1) is 31.5 Å². The number of nitrogens with one attached hydrogen (secondary N) is 1. The predicted molar refractivity (Wildman–Crippen MR) is 79.4 cm³/mol. The van der Waals surface area contributed by atoms with Crippen LogP contribution in [0.4, 0.5) is 0 Å². The molecule has 1 aromatic carbocycles. The summed E-state index contributed by atoms with van der Waals surface area (Å²) in [5.74, 6) is 0. The van der Waals surface area contributed by atoms with E-state index in [0.717, 1.165) is 6.54 Å². The number of rotatable bonds is 9. The van der Waals surface area contributed by atoms with E-state index in [1.54, 1.807) is 0 Å². The summed E-state index contributed by atoms with van der Waals surface area (Å²) in [5.41, 5.74) is 1.27. The molecule has 0 amide bonds. The first-order valence-electron chi connectivity index (χ1n) is 7.16. The van der Waals surface area contributed by atoms with E-state index in [1.807, 2.05) is 19.9 Å². The maximum atomic E-state index is 5.87. The topological polar surface area (TPSA) is 30.5 Å². The molecule has 1 rings (SSSR count). The molecular formula is C16H27NO2. The van der Waals surface area contributed by atoms with Crippen LogP contribution in [0.5, 0.6) is 0 Å². The first-order chi connectivity index (χ1) is 9.15. The third kappa shape index (κ3) is 6.19. The minimum atomic E-state index is 0.123. The van der Waals surface area contributed by atoms with Crippen LogP contribution in [-0.4, -0.2) is 32.0 Å². The molecule has 0 aromatic heterocycles. The molecule has 19 heavy (non-hydrogen) atoms. The zero-order valence-electron chi connectivity index (χ0n) is 12.6. The molecule has 2 unspecified atom stereocenters. The van der Waals surface area contributed by atoms with Crippen LogP contribution in [0.15, 0.2) is 30.3 Å². The van der Waals surface area contributed by atoms with Gasteiger partial charge in [-0.15, -0.1) is 0 Å². The molecule has 1 aromatic rings. The van der Waals surface area contributed by atoms with Gasteiger partial charge in [-0.05, 0) is 32.9 Å². The van der Waals surface area contributed by atoms with Gasteiger partial charge >= 0.3 is 0 Å². The van der Waals surface area contributed by atoms with Crippen molar-refractivity contribution in [3.05, 3.63) is 35.9 Å². The van der Waals surface area contributed by atoms with Gasteiger partial charge in [0.25, 0.3) is 0 Å². The molecular weight excluding hydrogens is 238 g/mol. The Bertz CT molecular complexity index is 327. The molecule has 0 heterocycles. The van der Waals surface area contributed by atoms with E-state index >= 15 is 0 Å². The molecule has 3 nitrogen and oxygen atoms in total. The SMILES string of the molecule is CCNC(c1ccccc1)C(C)OCCOC(C)C. The third-order valence-corrected chi connectivity index (χ3v) is 2.97. The lowest BCUT2D eigenvalue weighted by Crippen LogP contribution is -2.32. The van der Waals surface area contributed by atoms with Gasteiger partial charge in [-0.25, -0.2) is 0 Å². The molecule has 0 radical (unpaired) electrons. The van der Waals surface area contributed by atoms with Crippen molar-refractivity contribution < 1.29 is 9.47 Å². The summed E-state index contributed by atoms with van der Waals surface area (Å²) in [6, 6.07) is 10.7. The molecule has 0 saturated heterocycles. The second-order valence-corrected chi connectivity index (χ2v) is 4.94. The fourth-order valence-corrected chi connectivity index (χ4v) is 2.05. The smallest absolute Gasteiger partial charge is 0.0742 e.